The summed E-state index contributed by atoms with van der Waals surface area (Å²) >= 11 is 1.27. The SMILES string of the molecule is COC(=O)c1c(NS(=O)(=O)c2ccc(OC)c(C(=O)N3CCCC3)c2)sc2c1CCCC2. The Balaban J connectivity index is 1.70. The van der Waals surface area contributed by atoms with E-state index in [1.54, 1.807) is 4.90 Å². The standard InChI is InChI=1S/C22H26N2O6S2/c1-29-17-10-9-14(13-16(17)21(25)24-11-5-6-12-24)32(27,28)23-20-19(22(26)30-2)15-7-3-4-8-18(15)31-20/h9-10,13,23H,3-8,11-12H2,1-2H3. The fraction of sp³-hybridized carbons (Fsp3) is 0.455. The van der Waals surface area contributed by atoms with Crippen LogP contribution in [0.15, 0.2) is 23.1 Å². The summed E-state index contributed by atoms with van der Waals surface area (Å²) < 4.78 is 39.3. The average molecular weight is 479 g/mol. The third-order valence-corrected chi connectivity index (χ3v) is 8.58. The summed E-state index contributed by atoms with van der Waals surface area (Å²) in [5.74, 6) is -0.484. The quantitative estimate of drug-likeness (QED) is 0.638. The number of aryl methyl sites for hydroxylation is 1. The molecule has 1 fully saturated rings. The number of nitrogens with zero attached hydrogens (tertiary/aromatic N) is 1. The summed E-state index contributed by atoms with van der Waals surface area (Å²) in [6.45, 7) is 1.28. The van der Waals surface area contributed by atoms with Gasteiger partial charge in [0.15, 0.2) is 0 Å². The molecule has 10 heteroatoms. The number of sulfonamides is 1. The Bertz CT molecular complexity index is 1150. The predicted molar refractivity (Wildman–Crippen MR) is 121 cm³/mol. The highest BCUT2D eigenvalue weighted by Crippen LogP contribution is 2.39. The molecule has 4 rings (SSSR count). The molecule has 1 aromatic heterocycles. The first-order chi connectivity index (χ1) is 15.4. The lowest BCUT2D eigenvalue weighted by atomic mass is 9.95. The van der Waals surface area contributed by atoms with Gasteiger partial charge in [-0.25, -0.2) is 13.2 Å². The fourth-order valence-corrected chi connectivity index (χ4v) is 6.86. The van der Waals surface area contributed by atoms with Gasteiger partial charge in [0, 0.05) is 18.0 Å². The number of ether oxygens (including phenoxy) is 2. The lowest BCUT2D eigenvalue weighted by molar-refractivity contribution is 0.0600. The van der Waals surface area contributed by atoms with Gasteiger partial charge in [-0.1, -0.05) is 0 Å². The van der Waals surface area contributed by atoms with E-state index in [4.69, 9.17) is 9.47 Å². The fourth-order valence-electron chi connectivity index (χ4n) is 4.25. The maximum Gasteiger partial charge on any atom is 0.341 e. The van der Waals surface area contributed by atoms with Crippen molar-refractivity contribution >= 4 is 38.2 Å². The van der Waals surface area contributed by atoms with Gasteiger partial charge in [0.05, 0.1) is 30.2 Å². The van der Waals surface area contributed by atoms with Crippen LogP contribution in [0.4, 0.5) is 5.00 Å². The number of benzene rings is 1. The molecule has 0 spiro atoms. The molecule has 0 unspecified atom stereocenters. The summed E-state index contributed by atoms with van der Waals surface area (Å²) in [6.07, 6.45) is 5.32. The molecule has 2 heterocycles. The summed E-state index contributed by atoms with van der Waals surface area (Å²) in [5.41, 5.74) is 1.36. The normalized spacial score (nSPS) is 15.9. The Kier molecular flexibility index (Phi) is 6.43. The highest BCUT2D eigenvalue weighted by atomic mass is 32.2. The summed E-state index contributed by atoms with van der Waals surface area (Å²) in [7, 11) is -1.32. The monoisotopic (exact) mass is 478 g/mol. The van der Waals surface area contributed by atoms with Crippen LogP contribution in [0, 0.1) is 0 Å². The van der Waals surface area contributed by atoms with Gasteiger partial charge >= 0.3 is 5.97 Å². The Labute approximate surface area is 191 Å². The van der Waals surface area contributed by atoms with Crippen LogP contribution in [0.5, 0.6) is 5.75 Å². The van der Waals surface area contributed by atoms with Crippen molar-refractivity contribution in [3.8, 4) is 5.75 Å². The van der Waals surface area contributed by atoms with E-state index in [1.165, 1.54) is 43.8 Å². The molecule has 1 N–H and O–H groups in total. The first-order valence-corrected chi connectivity index (χ1v) is 12.9. The first-order valence-electron chi connectivity index (χ1n) is 10.6. The third kappa shape index (κ3) is 4.21. The number of carbonyl (C=O) groups is 2. The van der Waals surface area contributed by atoms with Crippen LogP contribution in [-0.2, 0) is 27.6 Å². The van der Waals surface area contributed by atoms with Crippen LogP contribution < -0.4 is 9.46 Å². The summed E-state index contributed by atoms with van der Waals surface area (Å²) in [5, 5.41) is 0.256. The van der Waals surface area contributed by atoms with E-state index >= 15 is 0 Å². The van der Waals surface area contributed by atoms with Gasteiger partial charge in [0.2, 0.25) is 0 Å². The number of amides is 1. The zero-order valence-electron chi connectivity index (χ0n) is 18.1. The van der Waals surface area contributed by atoms with Gasteiger partial charge < -0.3 is 14.4 Å². The Morgan fingerprint density at radius 3 is 2.47 bits per heavy atom. The zero-order chi connectivity index (χ0) is 22.9. The lowest BCUT2D eigenvalue weighted by Gasteiger charge is -2.18. The van der Waals surface area contributed by atoms with Crippen LogP contribution in [0.25, 0.3) is 0 Å². The number of methoxy groups -OCH3 is 2. The molecule has 2 aromatic rings. The second-order valence-electron chi connectivity index (χ2n) is 7.87. The van der Waals surface area contributed by atoms with Crippen LogP contribution >= 0.6 is 11.3 Å². The first kappa shape index (κ1) is 22.6. The third-order valence-electron chi connectivity index (χ3n) is 5.89. The molecule has 1 aliphatic heterocycles. The molecule has 1 saturated heterocycles. The van der Waals surface area contributed by atoms with E-state index in [0.29, 0.717) is 18.8 Å². The van der Waals surface area contributed by atoms with E-state index in [-0.39, 0.29) is 26.9 Å². The number of hydrogen-bond acceptors (Lipinski definition) is 7. The molecular weight excluding hydrogens is 452 g/mol. The van der Waals surface area contributed by atoms with Crippen LogP contribution in [0.1, 0.15) is 56.8 Å². The summed E-state index contributed by atoms with van der Waals surface area (Å²) in [6, 6.07) is 4.22. The van der Waals surface area contributed by atoms with Gasteiger partial charge in [-0.2, -0.15) is 0 Å². The van der Waals surface area contributed by atoms with Gasteiger partial charge in [0.1, 0.15) is 10.8 Å². The minimum absolute atomic E-state index is 0.0666. The van der Waals surface area contributed by atoms with Crippen molar-refractivity contribution < 1.29 is 27.5 Å². The van der Waals surface area contributed by atoms with Crippen molar-refractivity contribution in [1.29, 1.82) is 0 Å². The molecule has 1 amide bonds. The zero-order valence-corrected chi connectivity index (χ0v) is 19.7. The van der Waals surface area contributed by atoms with Crippen molar-refractivity contribution in [2.24, 2.45) is 0 Å². The van der Waals surface area contributed by atoms with Crippen molar-refractivity contribution in [1.82, 2.24) is 4.90 Å². The Morgan fingerprint density at radius 2 is 1.78 bits per heavy atom. The second-order valence-corrected chi connectivity index (χ2v) is 10.7. The lowest BCUT2D eigenvalue weighted by Crippen LogP contribution is -2.28. The Hall–Kier alpha value is -2.59. The maximum absolute atomic E-state index is 13.3. The largest absolute Gasteiger partial charge is 0.496 e. The highest BCUT2D eigenvalue weighted by Gasteiger charge is 2.30. The highest BCUT2D eigenvalue weighted by molar-refractivity contribution is 7.93. The number of carbonyl (C=O) groups excluding carboxylic acids is 2. The van der Waals surface area contributed by atoms with Crippen LogP contribution in [-0.4, -0.2) is 52.5 Å². The molecule has 0 atom stereocenters. The van der Waals surface area contributed by atoms with Gasteiger partial charge in [0.25, 0.3) is 15.9 Å². The number of likely N-dealkylation sites (tertiary alicyclic amines) is 1. The molecule has 8 nitrogen and oxygen atoms in total. The molecule has 0 radical (unpaired) electrons. The van der Waals surface area contributed by atoms with Crippen molar-refractivity contribution in [2.75, 3.05) is 32.0 Å². The molecular formula is C22H26N2O6S2. The molecule has 2 aliphatic rings. The van der Waals surface area contributed by atoms with Gasteiger partial charge in [-0.15, -0.1) is 11.3 Å². The molecule has 32 heavy (non-hydrogen) atoms. The van der Waals surface area contributed by atoms with Crippen LogP contribution in [0.2, 0.25) is 0 Å². The molecule has 0 saturated carbocycles. The number of anilines is 1. The minimum atomic E-state index is -4.06. The predicted octanol–water partition coefficient (Wildman–Crippen LogP) is 3.46. The van der Waals surface area contributed by atoms with Crippen molar-refractivity contribution in [3.05, 3.63) is 39.8 Å². The van der Waals surface area contributed by atoms with E-state index in [1.807, 2.05) is 0 Å². The number of rotatable bonds is 6. The maximum atomic E-state index is 13.3. The smallest absolute Gasteiger partial charge is 0.341 e. The summed E-state index contributed by atoms with van der Waals surface area (Å²) in [4.78, 5) is 28.0. The van der Waals surface area contributed by atoms with Crippen LogP contribution in [0.3, 0.4) is 0 Å². The number of thiophene rings is 1. The molecule has 172 valence electrons. The topological polar surface area (TPSA) is 102 Å². The van der Waals surface area contributed by atoms with Crippen molar-refractivity contribution in [3.63, 3.8) is 0 Å². The average Bonchev–Trinajstić information content (AvgIpc) is 3.45. The molecule has 1 aliphatic carbocycles. The van der Waals surface area contributed by atoms with Gasteiger partial charge in [-0.05, 0) is 62.3 Å². The Morgan fingerprint density at radius 1 is 1.06 bits per heavy atom. The van der Waals surface area contributed by atoms with Crippen molar-refractivity contribution in [2.45, 2.75) is 43.4 Å². The van der Waals surface area contributed by atoms with Gasteiger partial charge in [-0.3, -0.25) is 9.52 Å². The number of hydrogen-bond donors (Lipinski definition) is 1. The number of fused-ring (bicyclic) bond motifs is 1. The van der Waals surface area contributed by atoms with E-state index in [2.05, 4.69) is 4.72 Å². The van der Waals surface area contributed by atoms with E-state index in [9.17, 15) is 18.0 Å². The van der Waals surface area contributed by atoms with E-state index < -0.39 is 16.0 Å². The molecule has 0 bridgehead atoms. The molecule has 1 aromatic carbocycles. The van der Waals surface area contributed by atoms with E-state index in [0.717, 1.165) is 49.0 Å². The minimum Gasteiger partial charge on any atom is -0.496 e. The number of esters is 1. The second kappa shape index (κ2) is 9.11. The number of nitrogens with one attached hydrogen (secondary N) is 1.